The fraction of sp³-hybridized carbons (Fsp3) is 0.562. The van der Waals surface area contributed by atoms with Gasteiger partial charge in [-0.15, -0.1) is 0 Å². The number of aliphatic hydroxyl groups is 1. The van der Waals surface area contributed by atoms with Crippen molar-refractivity contribution in [2.75, 3.05) is 13.1 Å². The van der Waals surface area contributed by atoms with Gasteiger partial charge in [-0.05, 0) is 50.4 Å². The van der Waals surface area contributed by atoms with E-state index in [1.165, 1.54) is 5.56 Å². The summed E-state index contributed by atoms with van der Waals surface area (Å²) in [5.74, 6) is 1.13. The lowest BCUT2D eigenvalue weighted by Crippen LogP contribution is -2.23. The van der Waals surface area contributed by atoms with Crippen LogP contribution in [0, 0.1) is 17.2 Å². The van der Waals surface area contributed by atoms with E-state index in [2.05, 4.69) is 4.90 Å². The van der Waals surface area contributed by atoms with Crippen LogP contribution in [0.15, 0.2) is 24.3 Å². The third-order valence-corrected chi connectivity index (χ3v) is 3.82. The molecule has 0 aromatic heterocycles. The Morgan fingerprint density at radius 1 is 1.40 bits per heavy atom. The molecule has 1 aliphatic rings. The monoisotopic (exact) mass is 274 g/mol. The number of aliphatic hydroxyl groups excluding tert-OH is 1. The molecule has 1 heterocycles. The molecule has 20 heavy (non-hydrogen) atoms. The molecule has 108 valence electrons. The van der Waals surface area contributed by atoms with Gasteiger partial charge in [0.25, 0.3) is 0 Å². The van der Waals surface area contributed by atoms with Gasteiger partial charge in [-0.3, -0.25) is 4.90 Å². The Bertz CT molecular complexity index is 464. The van der Waals surface area contributed by atoms with Crippen molar-refractivity contribution in [1.82, 2.24) is 4.90 Å². The summed E-state index contributed by atoms with van der Waals surface area (Å²) in [5, 5.41) is 18.3. The molecule has 0 saturated carbocycles. The first-order chi connectivity index (χ1) is 9.58. The maximum Gasteiger partial charge on any atom is 0.181 e. The predicted molar refractivity (Wildman–Crippen MR) is 77.2 cm³/mol. The molecule has 0 aliphatic carbocycles. The van der Waals surface area contributed by atoms with Gasteiger partial charge in [-0.25, -0.2) is 0 Å². The van der Waals surface area contributed by atoms with Gasteiger partial charge >= 0.3 is 0 Å². The van der Waals surface area contributed by atoms with Crippen molar-refractivity contribution >= 4 is 0 Å². The average Bonchev–Trinajstić information content (AvgIpc) is 2.89. The van der Waals surface area contributed by atoms with Crippen LogP contribution in [0.1, 0.15) is 25.8 Å². The Balaban J connectivity index is 1.87. The van der Waals surface area contributed by atoms with E-state index in [0.29, 0.717) is 5.92 Å². The highest BCUT2D eigenvalue weighted by Gasteiger charge is 2.25. The van der Waals surface area contributed by atoms with E-state index < -0.39 is 6.10 Å². The molecule has 1 aromatic rings. The quantitative estimate of drug-likeness (QED) is 0.894. The second kappa shape index (κ2) is 6.74. The zero-order chi connectivity index (χ0) is 14.5. The summed E-state index contributed by atoms with van der Waals surface area (Å²) >= 11 is 0. The van der Waals surface area contributed by atoms with Crippen molar-refractivity contribution < 1.29 is 9.84 Å². The molecule has 0 amide bonds. The lowest BCUT2D eigenvalue weighted by atomic mass is 10.0. The van der Waals surface area contributed by atoms with Crippen LogP contribution < -0.4 is 4.74 Å². The van der Waals surface area contributed by atoms with Crippen molar-refractivity contribution in [3.8, 4) is 11.8 Å². The molecular weight excluding hydrogens is 252 g/mol. The summed E-state index contributed by atoms with van der Waals surface area (Å²) in [5.41, 5.74) is 1.23. The number of likely N-dealkylation sites (tertiary alicyclic amines) is 1. The van der Waals surface area contributed by atoms with Gasteiger partial charge in [0.05, 0.1) is 6.10 Å². The maximum atomic E-state index is 9.61. The SMILES string of the molecule is CC(C#N)Oc1ccc(CN2CCC(C(C)O)C2)cc1. The first-order valence-corrected chi connectivity index (χ1v) is 7.14. The summed E-state index contributed by atoms with van der Waals surface area (Å²) in [6.07, 6.45) is 0.424. The van der Waals surface area contributed by atoms with Gasteiger partial charge in [-0.1, -0.05) is 12.1 Å². The van der Waals surface area contributed by atoms with Crippen LogP contribution in [-0.2, 0) is 6.54 Å². The summed E-state index contributed by atoms with van der Waals surface area (Å²) in [4.78, 5) is 2.37. The number of hydrogen-bond acceptors (Lipinski definition) is 4. The third kappa shape index (κ3) is 3.96. The molecule has 0 radical (unpaired) electrons. The lowest BCUT2D eigenvalue weighted by molar-refractivity contribution is 0.127. The van der Waals surface area contributed by atoms with Crippen molar-refractivity contribution in [3.05, 3.63) is 29.8 Å². The Labute approximate surface area is 120 Å². The largest absolute Gasteiger partial charge is 0.476 e. The minimum absolute atomic E-state index is 0.219. The van der Waals surface area contributed by atoms with E-state index in [4.69, 9.17) is 10.00 Å². The second-order valence-corrected chi connectivity index (χ2v) is 5.56. The molecule has 1 N–H and O–H groups in total. The minimum Gasteiger partial charge on any atom is -0.476 e. The van der Waals surface area contributed by atoms with E-state index in [0.717, 1.165) is 31.8 Å². The molecule has 3 atom stereocenters. The van der Waals surface area contributed by atoms with Crippen LogP contribution in [-0.4, -0.2) is 35.3 Å². The molecule has 1 fully saturated rings. The summed E-state index contributed by atoms with van der Waals surface area (Å²) in [7, 11) is 0. The van der Waals surface area contributed by atoms with Crippen LogP contribution in [0.3, 0.4) is 0 Å². The maximum absolute atomic E-state index is 9.61. The van der Waals surface area contributed by atoms with Crippen LogP contribution in [0.25, 0.3) is 0 Å². The van der Waals surface area contributed by atoms with E-state index in [1.807, 2.05) is 37.3 Å². The number of nitriles is 1. The van der Waals surface area contributed by atoms with Crippen molar-refractivity contribution in [1.29, 1.82) is 5.26 Å². The van der Waals surface area contributed by atoms with Crippen LogP contribution >= 0.6 is 0 Å². The Hall–Kier alpha value is -1.57. The molecule has 2 rings (SSSR count). The van der Waals surface area contributed by atoms with E-state index in [1.54, 1.807) is 6.92 Å². The van der Waals surface area contributed by atoms with Gasteiger partial charge in [-0.2, -0.15) is 5.26 Å². The molecule has 1 saturated heterocycles. The molecule has 1 aliphatic heterocycles. The zero-order valence-electron chi connectivity index (χ0n) is 12.1. The minimum atomic E-state index is -0.425. The molecule has 4 nitrogen and oxygen atoms in total. The summed E-state index contributed by atoms with van der Waals surface area (Å²) in [6, 6.07) is 9.94. The van der Waals surface area contributed by atoms with Gasteiger partial charge in [0.15, 0.2) is 6.10 Å². The highest BCUT2D eigenvalue weighted by atomic mass is 16.5. The molecular formula is C16H22N2O2. The third-order valence-electron chi connectivity index (χ3n) is 3.82. The van der Waals surface area contributed by atoms with Crippen molar-refractivity contribution in [2.45, 2.75) is 39.0 Å². The van der Waals surface area contributed by atoms with Crippen LogP contribution in [0.4, 0.5) is 0 Å². The fourth-order valence-corrected chi connectivity index (χ4v) is 2.56. The van der Waals surface area contributed by atoms with Crippen molar-refractivity contribution in [2.24, 2.45) is 5.92 Å². The van der Waals surface area contributed by atoms with Crippen LogP contribution in [0.5, 0.6) is 5.75 Å². The normalized spacial score (nSPS) is 22.2. The van der Waals surface area contributed by atoms with Gasteiger partial charge in [0.2, 0.25) is 0 Å². The fourth-order valence-electron chi connectivity index (χ4n) is 2.56. The predicted octanol–water partition coefficient (Wildman–Crippen LogP) is 2.18. The Morgan fingerprint density at radius 2 is 2.10 bits per heavy atom. The standard InChI is InChI=1S/C16H22N2O2/c1-12(9-17)20-16-5-3-14(4-6-16)10-18-8-7-15(11-18)13(2)19/h3-6,12-13,15,19H,7-8,10-11H2,1-2H3. The number of nitrogens with zero attached hydrogens (tertiary/aromatic N) is 2. The Morgan fingerprint density at radius 3 is 2.65 bits per heavy atom. The summed E-state index contributed by atoms with van der Waals surface area (Å²) in [6.45, 7) is 6.50. The average molecular weight is 274 g/mol. The molecule has 3 unspecified atom stereocenters. The highest BCUT2D eigenvalue weighted by molar-refractivity contribution is 5.27. The highest BCUT2D eigenvalue weighted by Crippen LogP contribution is 2.22. The molecule has 4 heteroatoms. The number of hydrogen-bond donors (Lipinski definition) is 1. The Kier molecular flexibility index (Phi) is 4.99. The molecule has 1 aromatic carbocycles. The molecule has 0 spiro atoms. The van der Waals surface area contributed by atoms with E-state index in [9.17, 15) is 5.11 Å². The first kappa shape index (κ1) is 14.8. The van der Waals surface area contributed by atoms with Gasteiger partial charge in [0.1, 0.15) is 11.8 Å². The lowest BCUT2D eigenvalue weighted by Gasteiger charge is -2.17. The van der Waals surface area contributed by atoms with Gasteiger partial charge < -0.3 is 9.84 Å². The number of rotatable bonds is 5. The van der Waals surface area contributed by atoms with E-state index >= 15 is 0 Å². The summed E-state index contributed by atoms with van der Waals surface area (Å²) < 4.78 is 5.43. The zero-order valence-corrected chi connectivity index (χ0v) is 12.1. The topological polar surface area (TPSA) is 56.5 Å². The van der Waals surface area contributed by atoms with Crippen molar-refractivity contribution in [3.63, 3.8) is 0 Å². The number of benzene rings is 1. The second-order valence-electron chi connectivity index (χ2n) is 5.56. The van der Waals surface area contributed by atoms with E-state index in [-0.39, 0.29) is 6.10 Å². The van der Waals surface area contributed by atoms with Crippen LogP contribution in [0.2, 0.25) is 0 Å². The molecule has 0 bridgehead atoms. The smallest absolute Gasteiger partial charge is 0.181 e. The first-order valence-electron chi connectivity index (χ1n) is 7.14. The number of ether oxygens (including phenoxy) is 1. The van der Waals surface area contributed by atoms with Gasteiger partial charge in [0, 0.05) is 13.1 Å².